The highest BCUT2D eigenvalue weighted by Gasteiger charge is 1.96. The lowest BCUT2D eigenvalue weighted by Gasteiger charge is -2.02. The van der Waals surface area contributed by atoms with Gasteiger partial charge in [-0.15, -0.1) is 0 Å². The van der Waals surface area contributed by atoms with Gasteiger partial charge in [0, 0.05) is 6.42 Å². The number of rotatable bonds is 11. The van der Waals surface area contributed by atoms with Gasteiger partial charge in [0.15, 0.2) is 0 Å². The van der Waals surface area contributed by atoms with Gasteiger partial charge in [0.2, 0.25) is 0 Å². The Labute approximate surface area is 105 Å². The van der Waals surface area contributed by atoms with E-state index >= 15 is 0 Å². The molecule has 0 bridgehead atoms. The van der Waals surface area contributed by atoms with E-state index in [1.807, 2.05) is 18.2 Å². The van der Waals surface area contributed by atoms with Gasteiger partial charge in [-0.05, 0) is 25.7 Å². The Morgan fingerprint density at radius 2 is 1.82 bits per heavy atom. The van der Waals surface area contributed by atoms with Crippen LogP contribution >= 0.6 is 0 Å². The summed E-state index contributed by atoms with van der Waals surface area (Å²) in [5.74, 6) is 0. The molecule has 0 aliphatic rings. The van der Waals surface area contributed by atoms with Gasteiger partial charge < -0.3 is 9.90 Å². The Morgan fingerprint density at radius 3 is 2.53 bits per heavy atom. The number of aldehydes is 1. The average Bonchev–Trinajstić information content (AvgIpc) is 2.33. The number of hydrogen-bond donors (Lipinski definition) is 1. The Kier molecular flexibility index (Phi) is 12.5. The van der Waals surface area contributed by atoms with Crippen LogP contribution in [0.4, 0.5) is 0 Å². The first-order valence-corrected chi connectivity index (χ1v) is 6.76. The first kappa shape index (κ1) is 16.1. The van der Waals surface area contributed by atoms with Crippen molar-refractivity contribution in [3.63, 3.8) is 0 Å². The van der Waals surface area contributed by atoms with Crippen LogP contribution in [0.3, 0.4) is 0 Å². The summed E-state index contributed by atoms with van der Waals surface area (Å²) in [5, 5.41) is 9.59. The molecular weight excluding hydrogens is 212 g/mol. The fourth-order valence-corrected chi connectivity index (χ4v) is 1.56. The molecule has 0 amide bonds. The zero-order valence-corrected chi connectivity index (χ0v) is 11.0. The van der Waals surface area contributed by atoms with E-state index < -0.39 is 0 Å². The van der Waals surface area contributed by atoms with Crippen LogP contribution in [-0.4, -0.2) is 17.5 Å². The molecule has 0 saturated heterocycles. The van der Waals surface area contributed by atoms with Gasteiger partial charge in [-0.2, -0.15) is 0 Å². The van der Waals surface area contributed by atoms with Crippen LogP contribution < -0.4 is 0 Å². The molecule has 0 aromatic rings. The van der Waals surface area contributed by atoms with Crippen LogP contribution in [-0.2, 0) is 4.79 Å². The molecule has 98 valence electrons. The first-order valence-electron chi connectivity index (χ1n) is 6.76. The Hall–Kier alpha value is -0.890. The fraction of sp³-hybridized carbons (Fsp3) is 0.667. The zero-order valence-electron chi connectivity index (χ0n) is 11.0. The maximum absolute atomic E-state index is 10.1. The Bertz CT molecular complexity index is 219. The van der Waals surface area contributed by atoms with E-state index in [-0.39, 0.29) is 6.10 Å². The number of aliphatic hydroxyl groups is 1. The number of hydrogen-bond acceptors (Lipinski definition) is 2. The van der Waals surface area contributed by atoms with E-state index in [1.165, 1.54) is 12.8 Å². The third kappa shape index (κ3) is 13.0. The lowest BCUT2D eigenvalue weighted by Crippen LogP contribution is -2.00. The standard InChI is InChI=1S/C15H26O2/c1-2-3-9-12-15(17)13-10-7-5-4-6-8-11-14-16/h5,7,10,13-15,17H,2-4,6,8-9,11-12H2,1H3/t15-/m0/s1. The van der Waals surface area contributed by atoms with Crippen LogP contribution in [0.1, 0.15) is 58.3 Å². The minimum absolute atomic E-state index is 0.304. The molecule has 0 fully saturated rings. The second-order valence-electron chi connectivity index (χ2n) is 4.33. The highest BCUT2D eigenvalue weighted by molar-refractivity contribution is 5.48. The molecule has 2 heteroatoms. The molecule has 0 spiro atoms. The molecule has 0 radical (unpaired) electrons. The van der Waals surface area contributed by atoms with Gasteiger partial charge >= 0.3 is 0 Å². The summed E-state index contributed by atoms with van der Waals surface area (Å²) in [6, 6.07) is 0. The fourth-order valence-electron chi connectivity index (χ4n) is 1.56. The van der Waals surface area contributed by atoms with E-state index in [1.54, 1.807) is 0 Å². The van der Waals surface area contributed by atoms with E-state index in [9.17, 15) is 9.90 Å². The zero-order chi connectivity index (χ0) is 12.8. The molecule has 0 heterocycles. The lowest BCUT2D eigenvalue weighted by atomic mass is 10.1. The van der Waals surface area contributed by atoms with Crippen molar-refractivity contribution in [2.24, 2.45) is 0 Å². The van der Waals surface area contributed by atoms with Gasteiger partial charge in [-0.25, -0.2) is 0 Å². The molecule has 1 N–H and O–H groups in total. The van der Waals surface area contributed by atoms with Gasteiger partial charge in [-0.1, -0.05) is 50.5 Å². The monoisotopic (exact) mass is 238 g/mol. The van der Waals surface area contributed by atoms with Gasteiger partial charge in [0.25, 0.3) is 0 Å². The number of unbranched alkanes of at least 4 members (excludes halogenated alkanes) is 5. The van der Waals surface area contributed by atoms with Crippen LogP contribution in [0.15, 0.2) is 24.3 Å². The van der Waals surface area contributed by atoms with E-state index in [4.69, 9.17) is 0 Å². The minimum Gasteiger partial charge on any atom is -0.389 e. The lowest BCUT2D eigenvalue weighted by molar-refractivity contribution is -0.107. The largest absolute Gasteiger partial charge is 0.389 e. The molecule has 0 aliphatic heterocycles. The number of carbonyl (C=O) groups is 1. The van der Waals surface area contributed by atoms with E-state index in [2.05, 4.69) is 13.0 Å². The van der Waals surface area contributed by atoms with Crippen molar-refractivity contribution in [1.82, 2.24) is 0 Å². The van der Waals surface area contributed by atoms with Crippen molar-refractivity contribution >= 4 is 6.29 Å². The highest BCUT2D eigenvalue weighted by atomic mass is 16.3. The predicted octanol–water partition coefficient (Wildman–Crippen LogP) is 3.80. The third-order valence-corrected chi connectivity index (χ3v) is 2.63. The van der Waals surface area contributed by atoms with Crippen molar-refractivity contribution in [2.75, 3.05) is 0 Å². The second-order valence-corrected chi connectivity index (χ2v) is 4.33. The van der Waals surface area contributed by atoms with Crippen LogP contribution in [0.2, 0.25) is 0 Å². The SMILES string of the molecule is CCCCC[C@H](O)C=CC=CCCCCC=O. The summed E-state index contributed by atoms with van der Waals surface area (Å²) in [4.78, 5) is 10.1. The molecule has 0 aliphatic carbocycles. The van der Waals surface area contributed by atoms with Crippen LogP contribution in [0.25, 0.3) is 0 Å². The number of carbonyl (C=O) groups excluding carboxylic acids is 1. The van der Waals surface area contributed by atoms with Crippen molar-refractivity contribution in [3.8, 4) is 0 Å². The molecule has 0 unspecified atom stereocenters. The predicted molar refractivity (Wildman–Crippen MR) is 73.0 cm³/mol. The summed E-state index contributed by atoms with van der Waals surface area (Å²) >= 11 is 0. The minimum atomic E-state index is -0.304. The first-order chi connectivity index (χ1) is 8.31. The summed E-state index contributed by atoms with van der Waals surface area (Å²) in [6.45, 7) is 2.16. The topological polar surface area (TPSA) is 37.3 Å². The van der Waals surface area contributed by atoms with Crippen LogP contribution in [0.5, 0.6) is 0 Å². The molecule has 17 heavy (non-hydrogen) atoms. The smallest absolute Gasteiger partial charge is 0.119 e. The normalized spacial score (nSPS) is 13.5. The van der Waals surface area contributed by atoms with Gasteiger partial charge in [-0.3, -0.25) is 0 Å². The summed E-state index contributed by atoms with van der Waals surface area (Å²) in [5.41, 5.74) is 0. The average molecular weight is 238 g/mol. The summed E-state index contributed by atoms with van der Waals surface area (Å²) in [6.07, 6.45) is 16.5. The number of aliphatic hydroxyl groups excluding tert-OH is 1. The molecule has 2 nitrogen and oxygen atoms in total. The molecule has 0 aromatic carbocycles. The molecule has 0 saturated carbocycles. The summed E-state index contributed by atoms with van der Waals surface area (Å²) in [7, 11) is 0. The van der Waals surface area contributed by atoms with Crippen molar-refractivity contribution in [2.45, 2.75) is 64.4 Å². The van der Waals surface area contributed by atoms with E-state index in [0.717, 1.165) is 38.4 Å². The molecular formula is C15H26O2. The van der Waals surface area contributed by atoms with Crippen molar-refractivity contribution in [3.05, 3.63) is 24.3 Å². The molecule has 1 atom stereocenters. The quantitative estimate of drug-likeness (QED) is 0.338. The van der Waals surface area contributed by atoms with E-state index in [0.29, 0.717) is 6.42 Å². The number of allylic oxidation sites excluding steroid dienone is 3. The maximum Gasteiger partial charge on any atom is 0.119 e. The van der Waals surface area contributed by atoms with Crippen LogP contribution in [0, 0.1) is 0 Å². The molecule has 0 aromatic heterocycles. The Balaban J connectivity index is 3.43. The maximum atomic E-state index is 10.1. The molecule has 0 rings (SSSR count). The van der Waals surface area contributed by atoms with Gasteiger partial charge in [0.05, 0.1) is 6.10 Å². The Morgan fingerprint density at radius 1 is 1.06 bits per heavy atom. The van der Waals surface area contributed by atoms with Crippen molar-refractivity contribution in [1.29, 1.82) is 0 Å². The second kappa shape index (κ2) is 13.2. The highest BCUT2D eigenvalue weighted by Crippen LogP contribution is 2.04. The van der Waals surface area contributed by atoms with Gasteiger partial charge in [0.1, 0.15) is 6.29 Å². The summed E-state index contributed by atoms with van der Waals surface area (Å²) < 4.78 is 0. The third-order valence-electron chi connectivity index (χ3n) is 2.63. The van der Waals surface area contributed by atoms with Crippen molar-refractivity contribution < 1.29 is 9.90 Å².